The first-order valence-corrected chi connectivity index (χ1v) is 6.38. The summed E-state index contributed by atoms with van der Waals surface area (Å²) < 4.78 is 5.26. The number of furan rings is 1. The Kier molecular flexibility index (Phi) is 3.08. The number of likely N-dealkylation sites (tertiary alicyclic amines) is 1. The zero-order valence-corrected chi connectivity index (χ0v) is 10.5. The Morgan fingerprint density at radius 1 is 1.58 bits per heavy atom. The van der Waals surface area contributed by atoms with E-state index in [0.29, 0.717) is 23.7 Å². The maximum Gasteiger partial charge on any atom is 0.274 e. The average molecular weight is 260 g/mol. The summed E-state index contributed by atoms with van der Waals surface area (Å²) in [6.45, 7) is 1.34. The molecule has 1 unspecified atom stereocenters. The second-order valence-corrected chi connectivity index (χ2v) is 4.80. The molecule has 19 heavy (non-hydrogen) atoms. The highest BCUT2D eigenvalue weighted by Crippen LogP contribution is 2.19. The van der Waals surface area contributed by atoms with Crippen LogP contribution in [0.2, 0.25) is 0 Å². The molecule has 1 fully saturated rings. The van der Waals surface area contributed by atoms with E-state index >= 15 is 0 Å². The lowest BCUT2D eigenvalue weighted by atomic mass is 10.1. The predicted octanol–water partition coefficient (Wildman–Crippen LogP) is 1.23. The van der Waals surface area contributed by atoms with Crippen LogP contribution in [0.3, 0.4) is 0 Å². The summed E-state index contributed by atoms with van der Waals surface area (Å²) in [5.74, 6) is 0.589. The monoisotopic (exact) mass is 260 g/mol. The Balaban J connectivity index is 1.77. The van der Waals surface area contributed by atoms with E-state index in [9.17, 15) is 4.79 Å². The van der Waals surface area contributed by atoms with E-state index in [1.54, 1.807) is 23.3 Å². The standard InChI is InChI=1S/C13H16N4O2/c14-9-3-1-5-17(8-9)13(18)11-7-10(15-16-11)12-4-2-6-19-12/h2,4,6-7,9H,1,3,5,8,14H2,(H,15,16). The van der Waals surface area contributed by atoms with Crippen LogP contribution in [0.5, 0.6) is 0 Å². The first-order valence-electron chi connectivity index (χ1n) is 6.38. The van der Waals surface area contributed by atoms with Gasteiger partial charge in [-0.3, -0.25) is 9.89 Å². The Hall–Kier alpha value is -2.08. The van der Waals surface area contributed by atoms with Crippen molar-refractivity contribution >= 4 is 5.91 Å². The number of amides is 1. The highest BCUT2D eigenvalue weighted by Gasteiger charge is 2.24. The van der Waals surface area contributed by atoms with Crippen LogP contribution in [-0.2, 0) is 0 Å². The quantitative estimate of drug-likeness (QED) is 0.850. The summed E-state index contributed by atoms with van der Waals surface area (Å²) in [5, 5.41) is 6.87. The molecule has 1 atom stereocenters. The summed E-state index contributed by atoms with van der Waals surface area (Å²) in [7, 11) is 0. The van der Waals surface area contributed by atoms with Gasteiger partial charge in [0.05, 0.1) is 6.26 Å². The van der Waals surface area contributed by atoms with Gasteiger partial charge >= 0.3 is 0 Å². The van der Waals surface area contributed by atoms with Crippen LogP contribution in [0.1, 0.15) is 23.3 Å². The van der Waals surface area contributed by atoms with Crippen LogP contribution >= 0.6 is 0 Å². The number of piperidine rings is 1. The first-order chi connectivity index (χ1) is 9.24. The van der Waals surface area contributed by atoms with E-state index in [4.69, 9.17) is 10.2 Å². The zero-order valence-electron chi connectivity index (χ0n) is 10.5. The highest BCUT2D eigenvalue weighted by atomic mass is 16.3. The normalized spacial score (nSPS) is 19.6. The van der Waals surface area contributed by atoms with Crippen molar-refractivity contribution in [3.05, 3.63) is 30.2 Å². The molecule has 0 bridgehead atoms. The van der Waals surface area contributed by atoms with Crippen LogP contribution in [0, 0.1) is 0 Å². The third-order valence-electron chi connectivity index (χ3n) is 3.33. The van der Waals surface area contributed by atoms with E-state index in [2.05, 4.69) is 10.2 Å². The number of hydrogen-bond acceptors (Lipinski definition) is 4. The van der Waals surface area contributed by atoms with Gasteiger partial charge in [0, 0.05) is 25.2 Å². The fourth-order valence-electron chi connectivity index (χ4n) is 2.35. The number of rotatable bonds is 2. The number of hydrogen-bond donors (Lipinski definition) is 2. The van der Waals surface area contributed by atoms with Gasteiger partial charge in [-0.05, 0) is 25.0 Å². The van der Waals surface area contributed by atoms with Gasteiger partial charge in [-0.15, -0.1) is 0 Å². The molecule has 1 aliphatic rings. The smallest absolute Gasteiger partial charge is 0.274 e. The van der Waals surface area contributed by atoms with Crippen molar-refractivity contribution in [3.8, 4) is 11.5 Å². The molecule has 1 aliphatic heterocycles. The summed E-state index contributed by atoms with van der Waals surface area (Å²) in [4.78, 5) is 14.0. The average Bonchev–Trinajstić information content (AvgIpc) is 3.08. The van der Waals surface area contributed by atoms with Gasteiger partial charge < -0.3 is 15.1 Å². The van der Waals surface area contributed by atoms with Crippen molar-refractivity contribution in [2.45, 2.75) is 18.9 Å². The summed E-state index contributed by atoms with van der Waals surface area (Å²) in [6.07, 6.45) is 3.51. The molecular weight excluding hydrogens is 244 g/mol. The molecule has 3 heterocycles. The first kappa shape index (κ1) is 12.0. The van der Waals surface area contributed by atoms with Crippen molar-refractivity contribution in [1.82, 2.24) is 15.1 Å². The minimum absolute atomic E-state index is 0.0705. The van der Waals surface area contributed by atoms with Crippen LogP contribution in [0.25, 0.3) is 11.5 Å². The molecule has 0 aliphatic carbocycles. The van der Waals surface area contributed by atoms with Crippen LogP contribution in [0.4, 0.5) is 0 Å². The number of aromatic amines is 1. The number of H-pyrrole nitrogens is 1. The SMILES string of the molecule is NC1CCCN(C(=O)c2cc(-c3ccco3)[nH]n2)C1. The van der Waals surface area contributed by atoms with Gasteiger partial charge in [0.25, 0.3) is 5.91 Å². The van der Waals surface area contributed by atoms with E-state index in [-0.39, 0.29) is 11.9 Å². The maximum absolute atomic E-state index is 12.3. The fraction of sp³-hybridized carbons (Fsp3) is 0.385. The van der Waals surface area contributed by atoms with Gasteiger partial charge in [0.15, 0.2) is 11.5 Å². The van der Waals surface area contributed by atoms with Gasteiger partial charge in [-0.1, -0.05) is 0 Å². The number of aromatic nitrogens is 2. The fourth-order valence-corrected chi connectivity index (χ4v) is 2.35. The molecule has 3 rings (SSSR count). The molecule has 2 aromatic heterocycles. The minimum atomic E-state index is -0.0794. The minimum Gasteiger partial charge on any atom is -0.463 e. The summed E-state index contributed by atoms with van der Waals surface area (Å²) >= 11 is 0. The van der Waals surface area contributed by atoms with Crippen LogP contribution in [0.15, 0.2) is 28.9 Å². The molecule has 3 N–H and O–H groups in total. The van der Waals surface area contributed by atoms with Crippen LogP contribution in [-0.4, -0.2) is 40.1 Å². The second kappa shape index (κ2) is 4.89. The number of nitrogens with two attached hydrogens (primary N) is 1. The Bertz CT molecular complexity index is 561. The molecule has 0 aromatic carbocycles. The van der Waals surface area contributed by atoms with Crippen LogP contribution < -0.4 is 5.73 Å². The zero-order chi connectivity index (χ0) is 13.2. The Morgan fingerprint density at radius 2 is 2.47 bits per heavy atom. The predicted molar refractivity (Wildman–Crippen MR) is 69.4 cm³/mol. The van der Waals surface area contributed by atoms with Gasteiger partial charge in [-0.25, -0.2) is 0 Å². The molecule has 0 saturated carbocycles. The maximum atomic E-state index is 12.3. The van der Waals surface area contributed by atoms with Gasteiger partial charge in [0.2, 0.25) is 0 Å². The molecule has 100 valence electrons. The van der Waals surface area contributed by atoms with E-state index in [1.165, 1.54) is 0 Å². The molecular formula is C13H16N4O2. The summed E-state index contributed by atoms with van der Waals surface area (Å²) in [5.41, 5.74) is 6.99. The number of nitrogens with one attached hydrogen (secondary N) is 1. The number of carbonyl (C=O) groups excluding carboxylic acids is 1. The topological polar surface area (TPSA) is 88.1 Å². The largest absolute Gasteiger partial charge is 0.463 e. The third-order valence-corrected chi connectivity index (χ3v) is 3.33. The lowest BCUT2D eigenvalue weighted by Crippen LogP contribution is -2.45. The third kappa shape index (κ3) is 2.39. The van der Waals surface area contributed by atoms with Crippen molar-refractivity contribution in [3.63, 3.8) is 0 Å². The molecule has 0 spiro atoms. The van der Waals surface area contributed by atoms with Crippen molar-refractivity contribution in [2.75, 3.05) is 13.1 Å². The van der Waals surface area contributed by atoms with E-state index in [0.717, 1.165) is 19.4 Å². The van der Waals surface area contributed by atoms with E-state index in [1.807, 2.05) is 6.07 Å². The number of carbonyl (C=O) groups is 1. The molecule has 1 amide bonds. The Labute approximate surface area is 110 Å². The van der Waals surface area contributed by atoms with Gasteiger partial charge in [-0.2, -0.15) is 5.10 Å². The van der Waals surface area contributed by atoms with Crippen molar-refractivity contribution < 1.29 is 9.21 Å². The molecule has 2 aromatic rings. The second-order valence-electron chi connectivity index (χ2n) is 4.80. The molecule has 0 radical (unpaired) electrons. The molecule has 1 saturated heterocycles. The molecule has 6 heteroatoms. The lowest BCUT2D eigenvalue weighted by Gasteiger charge is -2.30. The van der Waals surface area contributed by atoms with Gasteiger partial charge in [0.1, 0.15) is 5.69 Å². The van der Waals surface area contributed by atoms with E-state index < -0.39 is 0 Å². The van der Waals surface area contributed by atoms with Crippen molar-refractivity contribution in [2.24, 2.45) is 5.73 Å². The number of nitrogens with zero attached hydrogens (tertiary/aromatic N) is 2. The lowest BCUT2D eigenvalue weighted by molar-refractivity contribution is 0.0703. The van der Waals surface area contributed by atoms with Crippen molar-refractivity contribution in [1.29, 1.82) is 0 Å². The molecule has 6 nitrogen and oxygen atoms in total. The Morgan fingerprint density at radius 3 is 3.21 bits per heavy atom. The summed E-state index contributed by atoms with van der Waals surface area (Å²) in [6, 6.07) is 5.39. The highest BCUT2D eigenvalue weighted by molar-refractivity contribution is 5.93.